The Morgan fingerprint density at radius 3 is 2.85 bits per heavy atom. The van der Waals surface area contributed by atoms with Gasteiger partial charge in [-0.15, -0.1) is 0 Å². The van der Waals surface area contributed by atoms with E-state index in [4.69, 9.17) is 4.74 Å². The smallest absolute Gasteiger partial charge is 0.0940 e. The fourth-order valence-corrected chi connectivity index (χ4v) is 3.84. The Balaban J connectivity index is 1.87. The van der Waals surface area contributed by atoms with Gasteiger partial charge in [0.2, 0.25) is 0 Å². The second-order valence-corrected chi connectivity index (χ2v) is 7.13. The topological polar surface area (TPSA) is 44.7 Å². The molecule has 1 aliphatic carbocycles. The van der Waals surface area contributed by atoms with Gasteiger partial charge in [-0.1, -0.05) is 13.3 Å². The Hall–Kier alpha value is -0.160. The lowest BCUT2D eigenvalue weighted by atomic mass is 9.99. The summed E-state index contributed by atoms with van der Waals surface area (Å²) in [5, 5.41) is 13.1. The molecule has 2 fully saturated rings. The number of rotatable bonds is 6. The second kappa shape index (κ2) is 7.21. The van der Waals surface area contributed by atoms with E-state index in [1.807, 2.05) is 0 Å². The third-order valence-electron chi connectivity index (χ3n) is 4.56. The summed E-state index contributed by atoms with van der Waals surface area (Å²) in [4.78, 5) is 2.50. The molecule has 4 heteroatoms. The summed E-state index contributed by atoms with van der Waals surface area (Å²) in [6, 6.07) is 0.688. The van der Waals surface area contributed by atoms with Crippen LogP contribution in [0.1, 0.15) is 46.5 Å². The molecule has 2 rings (SSSR count). The van der Waals surface area contributed by atoms with Gasteiger partial charge in [0, 0.05) is 25.7 Å². The monoisotopic (exact) mass is 284 g/mol. The maximum atomic E-state index is 9.41. The molecule has 2 aliphatic rings. The predicted octanol–water partition coefficient (Wildman–Crippen LogP) is 1.63. The summed E-state index contributed by atoms with van der Waals surface area (Å²) in [6.07, 6.45) is 5.19. The van der Waals surface area contributed by atoms with Crippen molar-refractivity contribution in [2.75, 3.05) is 32.8 Å². The predicted molar refractivity (Wildman–Crippen MR) is 81.9 cm³/mol. The van der Waals surface area contributed by atoms with E-state index in [2.05, 4.69) is 31.0 Å². The first kappa shape index (κ1) is 16.2. The summed E-state index contributed by atoms with van der Waals surface area (Å²) in [5.41, 5.74) is -0.142. The zero-order chi connectivity index (χ0) is 14.6. The van der Waals surface area contributed by atoms with Crippen LogP contribution in [0, 0.1) is 5.92 Å². The highest BCUT2D eigenvalue weighted by atomic mass is 16.5. The SMILES string of the molecule is CCCNC1CCCC1CN1CC(CO)OC(C)(C)C1. The molecule has 20 heavy (non-hydrogen) atoms. The van der Waals surface area contributed by atoms with E-state index in [0.717, 1.165) is 32.1 Å². The molecule has 4 nitrogen and oxygen atoms in total. The van der Waals surface area contributed by atoms with Crippen LogP contribution in [0.3, 0.4) is 0 Å². The van der Waals surface area contributed by atoms with Crippen molar-refractivity contribution in [3.05, 3.63) is 0 Å². The minimum Gasteiger partial charge on any atom is -0.394 e. The largest absolute Gasteiger partial charge is 0.394 e. The van der Waals surface area contributed by atoms with Crippen molar-refractivity contribution in [2.24, 2.45) is 5.92 Å². The number of morpholine rings is 1. The molecule has 118 valence electrons. The molecule has 1 saturated carbocycles. The molecule has 0 aromatic carbocycles. The zero-order valence-electron chi connectivity index (χ0n) is 13.4. The molecule has 1 heterocycles. The highest BCUT2D eigenvalue weighted by Crippen LogP contribution is 2.29. The van der Waals surface area contributed by atoms with Crippen LogP contribution in [0.15, 0.2) is 0 Å². The number of hydrogen-bond donors (Lipinski definition) is 2. The van der Waals surface area contributed by atoms with Crippen molar-refractivity contribution in [1.29, 1.82) is 0 Å². The summed E-state index contributed by atoms with van der Waals surface area (Å²) >= 11 is 0. The number of ether oxygens (including phenoxy) is 1. The van der Waals surface area contributed by atoms with Crippen molar-refractivity contribution in [3.63, 3.8) is 0 Å². The Morgan fingerprint density at radius 1 is 1.35 bits per heavy atom. The molecule has 0 spiro atoms. The van der Waals surface area contributed by atoms with Gasteiger partial charge in [-0.3, -0.25) is 4.90 Å². The van der Waals surface area contributed by atoms with Crippen LogP contribution in [-0.2, 0) is 4.74 Å². The van der Waals surface area contributed by atoms with Crippen molar-refractivity contribution in [2.45, 2.75) is 64.2 Å². The minimum atomic E-state index is -0.142. The first-order valence-electron chi connectivity index (χ1n) is 8.28. The molecular weight excluding hydrogens is 252 g/mol. The molecule has 3 unspecified atom stereocenters. The Labute approximate surface area is 123 Å². The third kappa shape index (κ3) is 4.42. The van der Waals surface area contributed by atoms with Crippen LogP contribution in [-0.4, -0.2) is 60.5 Å². The van der Waals surface area contributed by atoms with E-state index in [1.165, 1.54) is 25.7 Å². The summed E-state index contributed by atoms with van der Waals surface area (Å²) in [6.45, 7) is 10.7. The van der Waals surface area contributed by atoms with Gasteiger partial charge in [-0.2, -0.15) is 0 Å². The number of nitrogens with zero attached hydrogens (tertiary/aromatic N) is 1. The van der Waals surface area contributed by atoms with Crippen molar-refractivity contribution in [3.8, 4) is 0 Å². The Morgan fingerprint density at radius 2 is 2.15 bits per heavy atom. The average molecular weight is 284 g/mol. The molecule has 0 amide bonds. The van der Waals surface area contributed by atoms with Crippen LogP contribution in [0.5, 0.6) is 0 Å². The maximum absolute atomic E-state index is 9.41. The maximum Gasteiger partial charge on any atom is 0.0940 e. The van der Waals surface area contributed by atoms with E-state index in [1.54, 1.807) is 0 Å². The molecule has 0 bridgehead atoms. The van der Waals surface area contributed by atoms with Gasteiger partial charge in [-0.05, 0) is 45.6 Å². The molecule has 0 radical (unpaired) electrons. The fraction of sp³-hybridized carbons (Fsp3) is 1.00. The van der Waals surface area contributed by atoms with Gasteiger partial charge >= 0.3 is 0 Å². The van der Waals surface area contributed by atoms with E-state index >= 15 is 0 Å². The first-order valence-corrected chi connectivity index (χ1v) is 8.28. The van der Waals surface area contributed by atoms with Crippen LogP contribution < -0.4 is 5.32 Å². The van der Waals surface area contributed by atoms with Gasteiger partial charge < -0.3 is 15.2 Å². The standard InChI is InChI=1S/C16H32N2O2/c1-4-8-17-15-7-5-6-13(15)9-18-10-14(11-19)20-16(2,3)12-18/h13-15,17,19H,4-12H2,1-3H3. The molecule has 2 N–H and O–H groups in total. The van der Waals surface area contributed by atoms with Crippen LogP contribution in [0.2, 0.25) is 0 Å². The highest BCUT2D eigenvalue weighted by molar-refractivity contribution is 4.89. The van der Waals surface area contributed by atoms with Crippen molar-refractivity contribution < 1.29 is 9.84 Å². The normalized spacial score (nSPS) is 34.5. The quantitative estimate of drug-likeness (QED) is 0.778. The van der Waals surface area contributed by atoms with Crippen LogP contribution in [0.4, 0.5) is 0 Å². The number of aliphatic hydroxyl groups excluding tert-OH is 1. The van der Waals surface area contributed by atoms with E-state index in [0.29, 0.717) is 6.04 Å². The fourth-order valence-electron chi connectivity index (χ4n) is 3.84. The minimum absolute atomic E-state index is 0.0257. The first-order chi connectivity index (χ1) is 9.54. The van der Waals surface area contributed by atoms with Gasteiger partial charge in [0.1, 0.15) is 0 Å². The summed E-state index contributed by atoms with van der Waals surface area (Å²) in [5.74, 6) is 0.759. The molecule has 1 aliphatic heterocycles. The van der Waals surface area contributed by atoms with E-state index in [9.17, 15) is 5.11 Å². The zero-order valence-corrected chi connectivity index (χ0v) is 13.4. The molecular formula is C16H32N2O2. The highest BCUT2D eigenvalue weighted by Gasteiger charge is 2.36. The lowest BCUT2D eigenvalue weighted by Crippen LogP contribution is -2.55. The summed E-state index contributed by atoms with van der Waals surface area (Å²) < 4.78 is 5.90. The van der Waals surface area contributed by atoms with Crippen molar-refractivity contribution >= 4 is 0 Å². The average Bonchev–Trinajstić information content (AvgIpc) is 2.81. The molecule has 0 aromatic heterocycles. The van der Waals surface area contributed by atoms with Crippen LogP contribution >= 0.6 is 0 Å². The number of nitrogens with one attached hydrogen (secondary N) is 1. The van der Waals surface area contributed by atoms with Gasteiger partial charge in [0.15, 0.2) is 0 Å². The van der Waals surface area contributed by atoms with E-state index in [-0.39, 0.29) is 18.3 Å². The number of hydrogen-bond acceptors (Lipinski definition) is 4. The van der Waals surface area contributed by atoms with Gasteiger partial charge in [0.05, 0.1) is 18.3 Å². The third-order valence-corrected chi connectivity index (χ3v) is 4.56. The Bertz CT molecular complexity index is 296. The van der Waals surface area contributed by atoms with Crippen molar-refractivity contribution in [1.82, 2.24) is 10.2 Å². The molecule has 3 atom stereocenters. The van der Waals surface area contributed by atoms with Gasteiger partial charge in [-0.25, -0.2) is 0 Å². The second-order valence-electron chi connectivity index (χ2n) is 7.13. The lowest BCUT2D eigenvalue weighted by Gasteiger charge is -2.43. The van der Waals surface area contributed by atoms with Crippen LogP contribution in [0.25, 0.3) is 0 Å². The number of aliphatic hydroxyl groups is 1. The molecule has 1 saturated heterocycles. The van der Waals surface area contributed by atoms with E-state index < -0.39 is 0 Å². The lowest BCUT2D eigenvalue weighted by molar-refractivity contribution is -0.151. The summed E-state index contributed by atoms with van der Waals surface area (Å²) in [7, 11) is 0. The molecule has 0 aromatic rings. The Kier molecular flexibility index (Phi) is 5.84. The van der Waals surface area contributed by atoms with Gasteiger partial charge in [0.25, 0.3) is 0 Å².